The van der Waals surface area contributed by atoms with Gasteiger partial charge in [-0.05, 0) is 40.7 Å². The van der Waals surface area contributed by atoms with Crippen molar-refractivity contribution < 1.29 is 4.74 Å². The molecule has 1 aliphatic heterocycles. The average Bonchev–Trinajstić information content (AvgIpc) is 2.73. The Hall–Kier alpha value is 0.1000. The summed E-state index contributed by atoms with van der Waals surface area (Å²) >= 11 is 5.31. The summed E-state index contributed by atoms with van der Waals surface area (Å²) in [7, 11) is 0. The SMILES string of the molecule is C[C@]1(NCc2sccc2Br)CCOC1. The standard InChI is InChI=1S/C10H14BrNOS/c1-10(3-4-13-7-10)12-6-9-8(11)2-5-14-9/h2,5,12H,3-4,6-7H2,1H3/t10-/m0/s1. The summed E-state index contributed by atoms with van der Waals surface area (Å²) < 4.78 is 6.60. The molecule has 14 heavy (non-hydrogen) atoms. The summed E-state index contributed by atoms with van der Waals surface area (Å²) in [6.45, 7) is 4.87. The number of rotatable bonds is 3. The minimum absolute atomic E-state index is 0.170. The lowest BCUT2D eigenvalue weighted by Gasteiger charge is -2.23. The molecule has 1 aromatic rings. The van der Waals surface area contributed by atoms with Crippen LogP contribution in [0, 0.1) is 0 Å². The van der Waals surface area contributed by atoms with Crippen LogP contribution in [0.5, 0.6) is 0 Å². The van der Waals surface area contributed by atoms with Crippen LogP contribution in [0.2, 0.25) is 0 Å². The average molecular weight is 276 g/mol. The number of ether oxygens (including phenoxy) is 1. The van der Waals surface area contributed by atoms with Crippen molar-refractivity contribution in [3.05, 3.63) is 20.8 Å². The van der Waals surface area contributed by atoms with Crippen molar-refractivity contribution >= 4 is 27.3 Å². The molecule has 0 bridgehead atoms. The first-order chi connectivity index (χ1) is 6.70. The molecule has 1 atom stereocenters. The monoisotopic (exact) mass is 275 g/mol. The van der Waals surface area contributed by atoms with Crippen LogP contribution < -0.4 is 5.32 Å². The van der Waals surface area contributed by atoms with Crippen LogP contribution in [-0.2, 0) is 11.3 Å². The highest BCUT2D eigenvalue weighted by molar-refractivity contribution is 9.10. The lowest BCUT2D eigenvalue weighted by atomic mass is 10.0. The third-order valence-corrected chi connectivity index (χ3v) is 4.51. The van der Waals surface area contributed by atoms with Crippen molar-refractivity contribution in [2.75, 3.05) is 13.2 Å². The van der Waals surface area contributed by atoms with Gasteiger partial charge >= 0.3 is 0 Å². The summed E-state index contributed by atoms with van der Waals surface area (Å²) in [4.78, 5) is 1.36. The second-order valence-electron chi connectivity index (χ2n) is 3.91. The second-order valence-corrected chi connectivity index (χ2v) is 5.76. The number of nitrogens with one attached hydrogen (secondary N) is 1. The molecule has 2 heterocycles. The zero-order chi connectivity index (χ0) is 10.0. The fraction of sp³-hybridized carbons (Fsp3) is 0.600. The van der Waals surface area contributed by atoms with Gasteiger partial charge in [-0.1, -0.05) is 0 Å². The predicted molar refractivity (Wildman–Crippen MR) is 62.7 cm³/mol. The Morgan fingerprint density at radius 1 is 1.71 bits per heavy atom. The third kappa shape index (κ3) is 2.37. The van der Waals surface area contributed by atoms with Crippen molar-refractivity contribution in [3.8, 4) is 0 Å². The molecule has 0 aromatic carbocycles. The Morgan fingerprint density at radius 3 is 3.14 bits per heavy atom. The maximum Gasteiger partial charge on any atom is 0.0646 e. The van der Waals surface area contributed by atoms with Crippen LogP contribution in [0.15, 0.2) is 15.9 Å². The Balaban J connectivity index is 1.91. The predicted octanol–water partition coefficient (Wildman–Crippen LogP) is 2.78. The van der Waals surface area contributed by atoms with Gasteiger partial charge in [0.1, 0.15) is 0 Å². The summed E-state index contributed by atoms with van der Waals surface area (Å²) in [5.74, 6) is 0. The Bertz CT molecular complexity index is 307. The lowest BCUT2D eigenvalue weighted by molar-refractivity contribution is 0.171. The fourth-order valence-corrected chi connectivity index (χ4v) is 2.98. The van der Waals surface area contributed by atoms with E-state index in [-0.39, 0.29) is 5.54 Å². The van der Waals surface area contributed by atoms with Gasteiger partial charge in [0.15, 0.2) is 0 Å². The normalized spacial score (nSPS) is 27.0. The van der Waals surface area contributed by atoms with Gasteiger partial charge in [0.25, 0.3) is 0 Å². The zero-order valence-electron chi connectivity index (χ0n) is 8.18. The van der Waals surface area contributed by atoms with Gasteiger partial charge in [-0.15, -0.1) is 11.3 Å². The number of hydrogen-bond donors (Lipinski definition) is 1. The smallest absolute Gasteiger partial charge is 0.0646 e. The van der Waals surface area contributed by atoms with E-state index < -0.39 is 0 Å². The molecule has 78 valence electrons. The number of halogens is 1. The van der Waals surface area contributed by atoms with E-state index >= 15 is 0 Å². The van der Waals surface area contributed by atoms with Crippen LogP contribution in [0.1, 0.15) is 18.2 Å². The molecule has 1 saturated heterocycles. The van der Waals surface area contributed by atoms with Crippen LogP contribution in [0.4, 0.5) is 0 Å². The molecule has 1 aromatic heterocycles. The second kappa shape index (κ2) is 4.31. The summed E-state index contributed by atoms with van der Waals surface area (Å²) in [5.41, 5.74) is 0.170. The van der Waals surface area contributed by atoms with E-state index in [1.54, 1.807) is 11.3 Å². The maximum atomic E-state index is 5.39. The van der Waals surface area contributed by atoms with Crippen LogP contribution in [-0.4, -0.2) is 18.8 Å². The molecule has 0 saturated carbocycles. The summed E-state index contributed by atoms with van der Waals surface area (Å²) in [6, 6.07) is 2.09. The van der Waals surface area contributed by atoms with E-state index in [2.05, 4.69) is 39.6 Å². The van der Waals surface area contributed by atoms with E-state index in [0.29, 0.717) is 0 Å². The topological polar surface area (TPSA) is 21.3 Å². The Labute approximate surface area is 96.8 Å². The van der Waals surface area contributed by atoms with Gasteiger partial charge in [-0.25, -0.2) is 0 Å². The maximum absolute atomic E-state index is 5.39. The van der Waals surface area contributed by atoms with E-state index in [0.717, 1.165) is 26.2 Å². The molecule has 0 unspecified atom stereocenters. The molecule has 1 aliphatic rings. The Morgan fingerprint density at radius 2 is 2.57 bits per heavy atom. The first kappa shape index (κ1) is 10.6. The molecule has 0 aliphatic carbocycles. The summed E-state index contributed by atoms with van der Waals surface area (Å²) in [5, 5.41) is 5.66. The van der Waals surface area contributed by atoms with E-state index in [4.69, 9.17) is 4.74 Å². The molecule has 2 nitrogen and oxygen atoms in total. The zero-order valence-corrected chi connectivity index (χ0v) is 10.6. The van der Waals surface area contributed by atoms with Crippen molar-refractivity contribution in [1.82, 2.24) is 5.32 Å². The highest BCUT2D eigenvalue weighted by Gasteiger charge is 2.28. The first-order valence-corrected chi connectivity index (χ1v) is 6.42. The van der Waals surface area contributed by atoms with E-state index in [9.17, 15) is 0 Å². The lowest BCUT2D eigenvalue weighted by Crippen LogP contribution is -2.42. The molecular formula is C10H14BrNOS. The highest BCUT2D eigenvalue weighted by Crippen LogP contribution is 2.24. The van der Waals surface area contributed by atoms with Crippen molar-refractivity contribution in [3.63, 3.8) is 0 Å². The van der Waals surface area contributed by atoms with Crippen molar-refractivity contribution in [2.24, 2.45) is 0 Å². The van der Waals surface area contributed by atoms with E-state index in [1.807, 2.05) is 0 Å². The molecule has 4 heteroatoms. The highest BCUT2D eigenvalue weighted by atomic mass is 79.9. The van der Waals surface area contributed by atoms with E-state index in [1.165, 1.54) is 9.35 Å². The van der Waals surface area contributed by atoms with Gasteiger partial charge in [0.2, 0.25) is 0 Å². The molecule has 0 spiro atoms. The quantitative estimate of drug-likeness (QED) is 0.916. The molecule has 1 N–H and O–H groups in total. The molecular weight excluding hydrogens is 262 g/mol. The largest absolute Gasteiger partial charge is 0.379 e. The van der Waals surface area contributed by atoms with Crippen LogP contribution >= 0.6 is 27.3 Å². The molecule has 2 rings (SSSR count). The van der Waals surface area contributed by atoms with Crippen LogP contribution in [0.25, 0.3) is 0 Å². The first-order valence-electron chi connectivity index (χ1n) is 4.74. The van der Waals surface area contributed by atoms with Gasteiger partial charge in [-0.2, -0.15) is 0 Å². The minimum atomic E-state index is 0.170. The van der Waals surface area contributed by atoms with Crippen molar-refractivity contribution in [2.45, 2.75) is 25.4 Å². The van der Waals surface area contributed by atoms with Crippen LogP contribution in [0.3, 0.4) is 0 Å². The van der Waals surface area contributed by atoms with Gasteiger partial charge in [0, 0.05) is 28.0 Å². The Kier molecular flexibility index (Phi) is 3.27. The van der Waals surface area contributed by atoms with Gasteiger partial charge in [0.05, 0.1) is 6.61 Å². The molecule has 0 radical (unpaired) electrons. The summed E-state index contributed by atoms with van der Waals surface area (Å²) in [6.07, 6.45) is 1.11. The molecule has 1 fully saturated rings. The van der Waals surface area contributed by atoms with Crippen molar-refractivity contribution in [1.29, 1.82) is 0 Å². The number of thiophene rings is 1. The molecule has 0 amide bonds. The minimum Gasteiger partial charge on any atom is -0.379 e. The van der Waals surface area contributed by atoms with Gasteiger partial charge in [-0.3, -0.25) is 0 Å². The van der Waals surface area contributed by atoms with Gasteiger partial charge < -0.3 is 10.1 Å². The number of hydrogen-bond acceptors (Lipinski definition) is 3. The fourth-order valence-electron chi connectivity index (χ4n) is 1.55. The third-order valence-electron chi connectivity index (χ3n) is 2.59.